The summed E-state index contributed by atoms with van der Waals surface area (Å²) >= 11 is 0. The third kappa shape index (κ3) is 4.97. The van der Waals surface area contributed by atoms with Crippen LogP contribution < -0.4 is 4.74 Å². The SMILES string of the molecule is CC(C)Oc1ccc(S(=O)(=O)N2CCC(CN3CCOCC3)CC2)cc1. The van der Waals surface area contributed by atoms with Crippen molar-refractivity contribution in [1.29, 1.82) is 0 Å². The first-order valence-corrected chi connectivity index (χ1v) is 11.0. The van der Waals surface area contributed by atoms with E-state index in [4.69, 9.17) is 9.47 Å². The molecule has 0 aromatic heterocycles. The van der Waals surface area contributed by atoms with E-state index in [0.717, 1.165) is 45.7 Å². The van der Waals surface area contributed by atoms with Gasteiger partial charge >= 0.3 is 0 Å². The molecular weight excluding hydrogens is 352 g/mol. The summed E-state index contributed by atoms with van der Waals surface area (Å²) in [4.78, 5) is 2.78. The van der Waals surface area contributed by atoms with Gasteiger partial charge in [0, 0.05) is 32.7 Å². The highest BCUT2D eigenvalue weighted by Gasteiger charge is 2.30. The summed E-state index contributed by atoms with van der Waals surface area (Å²) in [7, 11) is -3.42. The summed E-state index contributed by atoms with van der Waals surface area (Å²) in [5.41, 5.74) is 0. The fraction of sp³-hybridized carbons (Fsp3) is 0.684. The molecule has 2 aliphatic rings. The molecule has 0 atom stereocenters. The van der Waals surface area contributed by atoms with Gasteiger partial charge < -0.3 is 9.47 Å². The van der Waals surface area contributed by atoms with Gasteiger partial charge in [0.2, 0.25) is 10.0 Å². The van der Waals surface area contributed by atoms with Gasteiger partial charge in [-0.2, -0.15) is 4.31 Å². The number of piperidine rings is 1. The van der Waals surface area contributed by atoms with Crippen LogP contribution >= 0.6 is 0 Å². The maximum Gasteiger partial charge on any atom is 0.243 e. The Morgan fingerprint density at radius 2 is 1.69 bits per heavy atom. The summed E-state index contributed by atoms with van der Waals surface area (Å²) in [5, 5.41) is 0. The lowest BCUT2D eigenvalue weighted by Crippen LogP contribution is -2.44. The lowest BCUT2D eigenvalue weighted by molar-refractivity contribution is 0.0269. The maximum absolute atomic E-state index is 12.9. The van der Waals surface area contributed by atoms with Crippen LogP contribution in [-0.2, 0) is 14.8 Å². The monoisotopic (exact) mass is 382 g/mol. The Labute approximate surface area is 157 Å². The predicted octanol–water partition coefficient (Wildman–Crippen LogP) is 2.21. The molecule has 26 heavy (non-hydrogen) atoms. The number of nitrogens with zero attached hydrogens (tertiary/aromatic N) is 2. The molecule has 0 aliphatic carbocycles. The van der Waals surface area contributed by atoms with Gasteiger partial charge in [-0.05, 0) is 56.9 Å². The van der Waals surface area contributed by atoms with Crippen LogP contribution in [0.25, 0.3) is 0 Å². The molecule has 0 amide bonds. The molecule has 2 saturated heterocycles. The van der Waals surface area contributed by atoms with Crippen LogP contribution in [0.2, 0.25) is 0 Å². The Bertz CT molecular complexity index is 661. The second-order valence-corrected chi connectivity index (χ2v) is 9.34. The molecule has 0 spiro atoms. The van der Waals surface area contributed by atoms with Crippen molar-refractivity contribution in [3.8, 4) is 5.75 Å². The van der Waals surface area contributed by atoms with E-state index in [-0.39, 0.29) is 6.10 Å². The fourth-order valence-electron chi connectivity index (χ4n) is 3.59. The quantitative estimate of drug-likeness (QED) is 0.755. The van der Waals surface area contributed by atoms with Crippen molar-refractivity contribution < 1.29 is 17.9 Å². The van der Waals surface area contributed by atoms with E-state index in [1.807, 2.05) is 13.8 Å². The van der Waals surface area contributed by atoms with Gasteiger partial charge in [-0.15, -0.1) is 0 Å². The number of hydrogen-bond donors (Lipinski definition) is 0. The molecule has 1 aromatic rings. The van der Waals surface area contributed by atoms with Gasteiger partial charge in [-0.3, -0.25) is 4.90 Å². The smallest absolute Gasteiger partial charge is 0.243 e. The molecule has 0 unspecified atom stereocenters. The fourth-order valence-corrected chi connectivity index (χ4v) is 5.06. The lowest BCUT2D eigenvalue weighted by atomic mass is 9.97. The minimum atomic E-state index is -3.42. The van der Waals surface area contributed by atoms with Gasteiger partial charge in [-0.25, -0.2) is 8.42 Å². The molecule has 0 bridgehead atoms. The minimum absolute atomic E-state index is 0.0722. The molecular formula is C19H30N2O4S. The zero-order valence-electron chi connectivity index (χ0n) is 15.8. The molecule has 7 heteroatoms. The summed E-state index contributed by atoms with van der Waals surface area (Å²) in [6.07, 6.45) is 1.92. The van der Waals surface area contributed by atoms with Crippen LogP contribution in [0.4, 0.5) is 0 Å². The van der Waals surface area contributed by atoms with E-state index in [1.54, 1.807) is 28.6 Å². The van der Waals surface area contributed by atoms with Crippen molar-refractivity contribution in [3.05, 3.63) is 24.3 Å². The largest absolute Gasteiger partial charge is 0.491 e. The van der Waals surface area contributed by atoms with Crippen molar-refractivity contribution in [2.24, 2.45) is 5.92 Å². The Morgan fingerprint density at radius 1 is 1.08 bits per heavy atom. The molecule has 2 fully saturated rings. The Balaban J connectivity index is 1.55. The molecule has 0 radical (unpaired) electrons. The number of hydrogen-bond acceptors (Lipinski definition) is 5. The Morgan fingerprint density at radius 3 is 2.27 bits per heavy atom. The number of rotatable bonds is 6. The average Bonchev–Trinajstić information content (AvgIpc) is 2.63. The van der Waals surface area contributed by atoms with E-state index in [1.165, 1.54) is 0 Å². The molecule has 0 saturated carbocycles. The first kappa shape index (κ1) is 19.6. The van der Waals surface area contributed by atoms with Crippen molar-refractivity contribution in [2.45, 2.75) is 37.7 Å². The standard InChI is InChI=1S/C19H30N2O4S/c1-16(2)25-18-3-5-19(6-4-18)26(22,23)21-9-7-17(8-10-21)15-20-11-13-24-14-12-20/h3-6,16-17H,7-15H2,1-2H3. The van der Waals surface area contributed by atoms with Crippen LogP contribution in [0, 0.1) is 5.92 Å². The predicted molar refractivity (Wildman–Crippen MR) is 101 cm³/mol. The van der Waals surface area contributed by atoms with E-state index >= 15 is 0 Å². The number of benzene rings is 1. The second-order valence-electron chi connectivity index (χ2n) is 7.40. The van der Waals surface area contributed by atoms with Crippen LogP contribution in [0.15, 0.2) is 29.2 Å². The Hall–Kier alpha value is -1.15. The van der Waals surface area contributed by atoms with Crippen LogP contribution in [0.1, 0.15) is 26.7 Å². The van der Waals surface area contributed by atoms with Crippen molar-refractivity contribution >= 4 is 10.0 Å². The summed E-state index contributed by atoms with van der Waals surface area (Å²) in [6.45, 7) is 9.75. The van der Waals surface area contributed by atoms with Crippen LogP contribution in [-0.4, -0.2) is 69.7 Å². The maximum atomic E-state index is 12.9. The summed E-state index contributed by atoms with van der Waals surface area (Å²) < 4.78 is 38.4. The minimum Gasteiger partial charge on any atom is -0.491 e. The highest BCUT2D eigenvalue weighted by molar-refractivity contribution is 7.89. The molecule has 3 rings (SSSR count). The number of morpholine rings is 1. The first-order chi connectivity index (χ1) is 12.4. The van der Waals surface area contributed by atoms with Gasteiger partial charge in [0.25, 0.3) is 0 Å². The zero-order valence-corrected chi connectivity index (χ0v) is 16.6. The lowest BCUT2D eigenvalue weighted by Gasteiger charge is -2.35. The highest BCUT2D eigenvalue weighted by Crippen LogP contribution is 2.26. The van der Waals surface area contributed by atoms with E-state index in [0.29, 0.717) is 29.7 Å². The summed E-state index contributed by atoms with van der Waals surface area (Å²) in [5.74, 6) is 1.27. The third-order valence-electron chi connectivity index (χ3n) is 5.03. The second kappa shape index (κ2) is 8.69. The van der Waals surface area contributed by atoms with Crippen molar-refractivity contribution in [1.82, 2.24) is 9.21 Å². The van der Waals surface area contributed by atoms with E-state index in [9.17, 15) is 8.42 Å². The number of sulfonamides is 1. The molecule has 6 nitrogen and oxygen atoms in total. The normalized spacial score (nSPS) is 21.2. The molecule has 2 heterocycles. The van der Waals surface area contributed by atoms with Crippen molar-refractivity contribution in [2.75, 3.05) is 45.9 Å². The topological polar surface area (TPSA) is 59.1 Å². The molecule has 0 N–H and O–H groups in total. The summed E-state index contributed by atoms with van der Waals surface area (Å²) in [6, 6.07) is 6.76. The Kier molecular flexibility index (Phi) is 6.55. The van der Waals surface area contributed by atoms with Gasteiger partial charge in [0.15, 0.2) is 0 Å². The van der Waals surface area contributed by atoms with E-state index < -0.39 is 10.0 Å². The zero-order chi connectivity index (χ0) is 18.6. The molecule has 146 valence electrons. The highest BCUT2D eigenvalue weighted by atomic mass is 32.2. The van der Waals surface area contributed by atoms with Gasteiger partial charge in [0.05, 0.1) is 24.2 Å². The van der Waals surface area contributed by atoms with E-state index in [2.05, 4.69) is 4.90 Å². The van der Waals surface area contributed by atoms with Gasteiger partial charge in [-0.1, -0.05) is 0 Å². The van der Waals surface area contributed by atoms with Crippen LogP contribution in [0.5, 0.6) is 5.75 Å². The average molecular weight is 383 g/mol. The number of ether oxygens (including phenoxy) is 2. The first-order valence-electron chi connectivity index (χ1n) is 9.52. The van der Waals surface area contributed by atoms with Crippen LogP contribution in [0.3, 0.4) is 0 Å². The van der Waals surface area contributed by atoms with Crippen molar-refractivity contribution in [3.63, 3.8) is 0 Å². The third-order valence-corrected chi connectivity index (χ3v) is 6.94. The molecule has 2 aliphatic heterocycles. The molecule has 1 aromatic carbocycles. The van der Waals surface area contributed by atoms with Gasteiger partial charge in [0.1, 0.15) is 5.75 Å².